The molecule has 1 aromatic carbocycles. The van der Waals surface area contributed by atoms with Crippen molar-refractivity contribution in [3.63, 3.8) is 0 Å². The molecule has 0 aliphatic carbocycles. The van der Waals surface area contributed by atoms with Crippen molar-refractivity contribution in [1.29, 1.82) is 0 Å². The fourth-order valence-electron chi connectivity index (χ4n) is 2.11. The molecular weight excluding hydrogens is 307 g/mol. The maximum Gasteiger partial charge on any atom is 0.390 e. The van der Waals surface area contributed by atoms with E-state index in [0.29, 0.717) is 22.8 Å². The molecule has 0 spiro atoms. The highest BCUT2D eigenvalue weighted by Gasteiger charge is 2.26. The van der Waals surface area contributed by atoms with Gasteiger partial charge in [-0.05, 0) is 18.2 Å². The number of hydrogen-bond donors (Lipinski definition) is 3. The largest absolute Gasteiger partial charge is 0.390 e. The summed E-state index contributed by atoms with van der Waals surface area (Å²) in [5.41, 5.74) is 1.34. The number of benzene rings is 1. The summed E-state index contributed by atoms with van der Waals surface area (Å²) >= 11 is 0. The van der Waals surface area contributed by atoms with Gasteiger partial charge in [0.2, 0.25) is 5.95 Å². The normalized spacial score (nSPS) is 11.6. The van der Waals surface area contributed by atoms with Crippen LogP contribution in [0.1, 0.15) is 6.42 Å². The van der Waals surface area contributed by atoms with E-state index in [-0.39, 0.29) is 6.54 Å². The van der Waals surface area contributed by atoms with Gasteiger partial charge in [-0.1, -0.05) is 18.2 Å². The number of alkyl halides is 3. The van der Waals surface area contributed by atoms with Crippen LogP contribution in [-0.4, -0.2) is 27.7 Å². The molecule has 0 aliphatic heterocycles. The summed E-state index contributed by atoms with van der Waals surface area (Å²) in [6.45, 7) is -0.244. The number of nitrogens with one attached hydrogen (secondary N) is 3. The van der Waals surface area contributed by atoms with Crippen LogP contribution in [-0.2, 0) is 0 Å². The Hall–Kier alpha value is -2.77. The smallest absolute Gasteiger partial charge is 0.369 e. The minimum Gasteiger partial charge on any atom is -0.369 e. The van der Waals surface area contributed by atoms with E-state index in [1.807, 2.05) is 30.3 Å². The van der Waals surface area contributed by atoms with Crippen molar-refractivity contribution in [3.8, 4) is 0 Å². The van der Waals surface area contributed by atoms with Crippen LogP contribution in [0.4, 0.5) is 30.6 Å². The van der Waals surface area contributed by atoms with Gasteiger partial charge in [-0.2, -0.15) is 23.1 Å². The summed E-state index contributed by atoms with van der Waals surface area (Å²) in [6, 6.07) is 11.0. The second-order valence-corrected chi connectivity index (χ2v) is 4.92. The van der Waals surface area contributed by atoms with Gasteiger partial charge in [-0.25, -0.2) is 0 Å². The van der Waals surface area contributed by atoms with Gasteiger partial charge in [0.25, 0.3) is 0 Å². The van der Waals surface area contributed by atoms with Crippen LogP contribution < -0.4 is 10.6 Å². The molecule has 0 unspecified atom stereocenters. The molecule has 0 saturated heterocycles. The third-order valence-corrected chi connectivity index (χ3v) is 3.15. The number of aromatic amines is 1. The Morgan fingerprint density at radius 1 is 1.04 bits per heavy atom. The number of H-pyrrole nitrogens is 1. The molecular formula is C15H14F3N5. The summed E-state index contributed by atoms with van der Waals surface area (Å²) in [5, 5.41) is 6.40. The first-order chi connectivity index (χ1) is 11.0. The van der Waals surface area contributed by atoms with Gasteiger partial charge in [0, 0.05) is 18.4 Å². The van der Waals surface area contributed by atoms with Crippen LogP contribution in [0.2, 0.25) is 0 Å². The van der Waals surface area contributed by atoms with Crippen molar-refractivity contribution in [2.45, 2.75) is 12.6 Å². The molecule has 8 heteroatoms. The quantitative estimate of drug-likeness (QED) is 0.663. The summed E-state index contributed by atoms with van der Waals surface area (Å²) < 4.78 is 36.9. The van der Waals surface area contributed by atoms with E-state index in [4.69, 9.17) is 0 Å². The molecule has 3 rings (SSSR count). The molecule has 5 nitrogen and oxygen atoms in total. The van der Waals surface area contributed by atoms with Crippen molar-refractivity contribution in [1.82, 2.24) is 15.0 Å². The monoisotopic (exact) mass is 321 g/mol. The fraction of sp³-hybridized carbons (Fsp3) is 0.200. The maximum atomic E-state index is 12.3. The van der Waals surface area contributed by atoms with E-state index in [1.165, 1.54) is 0 Å². The topological polar surface area (TPSA) is 65.6 Å². The van der Waals surface area contributed by atoms with Crippen molar-refractivity contribution in [3.05, 3.63) is 42.6 Å². The number of para-hydroxylation sites is 1. The zero-order chi connectivity index (χ0) is 16.3. The molecule has 23 heavy (non-hydrogen) atoms. The van der Waals surface area contributed by atoms with E-state index in [9.17, 15) is 13.2 Å². The fourth-order valence-corrected chi connectivity index (χ4v) is 2.11. The minimum atomic E-state index is -4.21. The van der Waals surface area contributed by atoms with Gasteiger partial charge in [-0.15, -0.1) is 0 Å². The molecule has 2 heterocycles. The van der Waals surface area contributed by atoms with Gasteiger partial charge in [-0.3, -0.25) is 0 Å². The lowest BCUT2D eigenvalue weighted by Gasteiger charge is -2.11. The second-order valence-electron chi connectivity index (χ2n) is 4.92. The Balaban J connectivity index is 1.83. The van der Waals surface area contributed by atoms with Gasteiger partial charge in [0.15, 0.2) is 0 Å². The van der Waals surface area contributed by atoms with Gasteiger partial charge < -0.3 is 15.6 Å². The summed E-state index contributed by atoms with van der Waals surface area (Å²) in [6.07, 6.45) is -3.46. The zero-order valence-electron chi connectivity index (χ0n) is 12.0. The number of hydrogen-bond acceptors (Lipinski definition) is 4. The summed E-state index contributed by atoms with van der Waals surface area (Å²) in [7, 11) is 0. The number of fused-ring (bicyclic) bond motifs is 1. The van der Waals surface area contributed by atoms with E-state index in [2.05, 4.69) is 25.6 Å². The molecule has 0 aliphatic rings. The van der Waals surface area contributed by atoms with Crippen LogP contribution in [0, 0.1) is 0 Å². The Bertz CT molecular complexity index is 783. The average molecular weight is 321 g/mol. The van der Waals surface area contributed by atoms with Gasteiger partial charge in [0.05, 0.1) is 11.8 Å². The van der Waals surface area contributed by atoms with Crippen LogP contribution >= 0.6 is 0 Å². The molecule has 0 bridgehead atoms. The molecule has 3 aromatic rings. The van der Waals surface area contributed by atoms with Crippen molar-refractivity contribution in [2.75, 3.05) is 17.2 Å². The molecule has 3 N–H and O–H groups in total. The van der Waals surface area contributed by atoms with E-state index in [1.54, 1.807) is 12.3 Å². The molecule has 0 fully saturated rings. The highest BCUT2D eigenvalue weighted by molar-refractivity contribution is 5.88. The number of aromatic nitrogens is 3. The van der Waals surface area contributed by atoms with Gasteiger partial charge in [0.1, 0.15) is 11.5 Å². The highest BCUT2D eigenvalue weighted by Crippen LogP contribution is 2.24. The molecule has 2 aromatic heterocycles. The molecule has 0 amide bonds. The van der Waals surface area contributed by atoms with E-state index in [0.717, 1.165) is 5.69 Å². The lowest BCUT2D eigenvalue weighted by molar-refractivity contribution is -0.131. The lowest BCUT2D eigenvalue weighted by Crippen LogP contribution is -2.15. The van der Waals surface area contributed by atoms with E-state index < -0.39 is 12.6 Å². The Labute approximate surface area is 130 Å². The lowest BCUT2D eigenvalue weighted by atomic mass is 10.3. The average Bonchev–Trinajstić information content (AvgIpc) is 2.95. The molecule has 0 saturated carbocycles. The summed E-state index contributed by atoms with van der Waals surface area (Å²) in [5.74, 6) is 0.666. The molecule has 0 atom stereocenters. The van der Waals surface area contributed by atoms with Crippen molar-refractivity contribution in [2.24, 2.45) is 0 Å². The standard InChI is InChI=1S/C15H14F3N5/c16-15(17,18)7-9-20-13-11-6-8-19-12(11)22-14(23-13)21-10-4-2-1-3-5-10/h1-6,8H,7,9H2,(H3,19,20,21,22,23). The van der Waals surface area contributed by atoms with Crippen LogP contribution in [0.3, 0.4) is 0 Å². The first kappa shape index (κ1) is 15.1. The second kappa shape index (κ2) is 6.15. The predicted octanol–water partition coefficient (Wildman–Crippen LogP) is 4.07. The molecule has 120 valence electrons. The summed E-state index contributed by atoms with van der Waals surface area (Å²) in [4.78, 5) is 11.5. The molecule has 0 radical (unpaired) electrons. The third kappa shape index (κ3) is 3.91. The Kier molecular flexibility index (Phi) is 4.05. The number of rotatable bonds is 5. The number of anilines is 3. The van der Waals surface area contributed by atoms with Crippen LogP contribution in [0.15, 0.2) is 42.6 Å². The Morgan fingerprint density at radius 2 is 1.83 bits per heavy atom. The highest BCUT2D eigenvalue weighted by atomic mass is 19.4. The van der Waals surface area contributed by atoms with Crippen molar-refractivity contribution < 1.29 is 13.2 Å². The zero-order valence-corrected chi connectivity index (χ0v) is 12.0. The first-order valence-corrected chi connectivity index (χ1v) is 6.99. The SMILES string of the molecule is FC(F)(F)CCNc1nc(Nc2ccccc2)nc2[nH]ccc12. The number of halogens is 3. The predicted molar refractivity (Wildman–Crippen MR) is 82.8 cm³/mol. The van der Waals surface area contributed by atoms with Crippen LogP contribution in [0.5, 0.6) is 0 Å². The van der Waals surface area contributed by atoms with Crippen LogP contribution in [0.25, 0.3) is 11.0 Å². The maximum absolute atomic E-state index is 12.3. The Morgan fingerprint density at radius 3 is 2.57 bits per heavy atom. The third-order valence-electron chi connectivity index (χ3n) is 3.15. The van der Waals surface area contributed by atoms with E-state index >= 15 is 0 Å². The first-order valence-electron chi connectivity index (χ1n) is 6.99. The van der Waals surface area contributed by atoms with Gasteiger partial charge >= 0.3 is 6.18 Å². The van der Waals surface area contributed by atoms with Crippen molar-refractivity contribution >= 4 is 28.5 Å². The number of nitrogens with zero attached hydrogens (tertiary/aromatic N) is 2. The minimum absolute atomic E-state index is 0.244.